The Balaban J connectivity index is 2.92. The molecule has 0 aliphatic rings. The van der Waals surface area contributed by atoms with E-state index >= 15 is 0 Å². The molecule has 14 heavy (non-hydrogen) atoms. The van der Waals surface area contributed by atoms with Gasteiger partial charge in [-0.05, 0) is 25.7 Å². The van der Waals surface area contributed by atoms with Gasteiger partial charge in [0.05, 0.1) is 5.39 Å². The minimum atomic E-state index is 0.0937. The van der Waals surface area contributed by atoms with Gasteiger partial charge < -0.3 is 4.42 Å². The molecule has 0 fully saturated rings. The Morgan fingerprint density at radius 2 is 2.00 bits per heavy atom. The molecule has 0 spiro atoms. The van der Waals surface area contributed by atoms with Gasteiger partial charge >= 0.3 is 0 Å². The van der Waals surface area contributed by atoms with Gasteiger partial charge in [-0.1, -0.05) is 20.7 Å². The fourth-order valence-corrected chi connectivity index (χ4v) is 2.17. The van der Waals surface area contributed by atoms with E-state index in [1.807, 2.05) is 31.8 Å². The topological polar surface area (TPSA) is 30.2 Å². The Morgan fingerprint density at radius 3 is 2.71 bits per heavy atom. The zero-order valence-electron chi connectivity index (χ0n) is 8.13. The predicted octanol–water partition coefficient (Wildman–Crippen LogP) is 2.04. The second kappa shape index (κ2) is 3.55. The van der Waals surface area contributed by atoms with Crippen molar-refractivity contribution in [2.24, 2.45) is 0 Å². The Morgan fingerprint density at radius 1 is 1.29 bits per heavy atom. The number of hydrogen-bond acceptors (Lipinski definition) is 2. The van der Waals surface area contributed by atoms with E-state index < -0.39 is 0 Å². The highest BCUT2D eigenvalue weighted by molar-refractivity contribution is 7.45. The van der Waals surface area contributed by atoms with Crippen molar-refractivity contribution in [3.05, 3.63) is 40.1 Å². The van der Waals surface area contributed by atoms with Gasteiger partial charge in [0.25, 0.3) is 0 Å². The van der Waals surface area contributed by atoms with Gasteiger partial charge in [-0.3, -0.25) is 4.79 Å². The van der Waals surface area contributed by atoms with Crippen LogP contribution in [-0.4, -0.2) is 6.66 Å². The molecule has 1 aromatic carbocycles. The van der Waals surface area contributed by atoms with Crippen LogP contribution in [0.5, 0.6) is 0 Å². The van der Waals surface area contributed by atoms with E-state index in [1.54, 1.807) is 6.07 Å². The highest BCUT2D eigenvalue weighted by Gasteiger charge is 2.07. The van der Waals surface area contributed by atoms with Crippen LogP contribution in [0.4, 0.5) is 0 Å². The fraction of sp³-hybridized carbons (Fsp3) is 0.182. The quantitative estimate of drug-likeness (QED) is 0.668. The summed E-state index contributed by atoms with van der Waals surface area (Å²) in [5.41, 5.74) is 2.34. The molecular formula is C11H11O2P. The van der Waals surface area contributed by atoms with Crippen LogP contribution in [0.15, 0.2) is 33.5 Å². The maximum atomic E-state index is 11.9. The third-order valence-electron chi connectivity index (χ3n) is 2.25. The molecule has 0 saturated heterocycles. The zero-order chi connectivity index (χ0) is 10.1. The molecule has 1 aromatic heterocycles. The van der Waals surface area contributed by atoms with Gasteiger partial charge in [-0.25, -0.2) is 0 Å². The first-order chi connectivity index (χ1) is 6.74. The summed E-state index contributed by atoms with van der Waals surface area (Å²) in [4.78, 5) is 11.9. The summed E-state index contributed by atoms with van der Waals surface area (Å²) in [6.07, 6.45) is 0. The molecule has 0 radical (unpaired) electrons. The highest BCUT2D eigenvalue weighted by Crippen LogP contribution is 2.13. The summed E-state index contributed by atoms with van der Waals surface area (Å²) in [6, 6.07) is 7.37. The Labute approximate surface area is 83.7 Å². The lowest BCUT2D eigenvalue weighted by molar-refractivity contribution is 0.639. The van der Waals surface area contributed by atoms with Crippen LogP contribution in [0.3, 0.4) is 0 Å². The predicted molar refractivity (Wildman–Crippen MR) is 61.1 cm³/mol. The van der Waals surface area contributed by atoms with E-state index in [4.69, 9.17) is 4.42 Å². The van der Waals surface area contributed by atoms with Crippen LogP contribution >= 0.6 is 8.58 Å². The van der Waals surface area contributed by atoms with Crippen molar-refractivity contribution in [2.45, 2.75) is 6.92 Å². The number of fused-ring (bicyclic) bond motifs is 1. The molecule has 0 saturated carbocycles. The summed E-state index contributed by atoms with van der Waals surface area (Å²) in [6.45, 7) is 3.84. The van der Waals surface area contributed by atoms with Gasteiger partial charge in [-0.15, -0.1) is 0 Å². The molecule has 1 unspecified atom stereocenters. The van der Waals surface area contributed by atoms with Crippen molar-refractivity contribution < 1.29 is 4.42 Å². The standard InChI is InChI=1S/C11H11O2P/c1-7-10(12)8-5-3-4-6-9(8)13-11(7)14-2/h3-6,14H,1-2H3. The van der Waals surface area contributed by atoms with E-state index in [2.05, 4.69) is 0 Å². The molecule has 1 atom stereocenters. The van der Waals surface area contributed by atoms with Crippen molar-refractivity contribution in [3.63, 3.8) is 0 Å². The summed E-state index contributed by atoms with van der Waals surface area (Å²) in [7, 11) is 0.522. The van der Waals surface area contributed by atoms with Crippen molar-refractivity contribution >= 4 is 25.1 Å². The molecule has 0 aliphatic carbocycles. The lowest BCUT2D eigenvalue weighted by Crippen LogP contribution is -2.15. The number of benzene rings is 1. The van der Waals surface area contributed by atoms with Crippen molar-refractivity contribution in [1.29, 1.82) is 0 Å². The number of rotatable bonds is 1. The molecular weight excluding hydrogens is 195 g/mol. The van der Waals surface area contributed by atoms with Crippen molar-refractivity contribution in [2.75, 3.05) is 6.66 Å². The molecule has 2 nitrogen and oxygen atoms in total. The van der Waals surface area contributed by atoms with Gasteiger partial charge in [0.15, 0.2) is 5.43 Å². The maximum absolute atomic E-state index is 11.9. The third kappa shape index (κ3) is 1.36. The average Bonchev–Trinajstić information content (AvgIpc) is 2.23. The van der Waals surface area contributed by atoms with Crippen LogP contribution in [-0.2, 0) is 0 Å². The molecule has 2 rings (SSSR count). The lowest BCUT2D eigenvalue weighted by Gasteiger charge is -2.03. The second-order valence-electron chi connectivity index (χ2n) is 3.13. The van der Waals surface area contributed by atoms with Crippen molar-refractivity contribution in [1.82, 2.24) is 0 Å². The van der Waals surface area contributed by atoms with Gasteiger partial charge in [0.1, 0.15) is 11.1 Å². The van der Waals surface area contributed by atoms with Crippen LogP contribution < -0.4 is 10.9 Å². The molecule has 0 amide bonds. The first kappa shape index (κ1) is 9.42. The van der Waals surface area contributed by atoms with E-state index in [-0.39, 0.29) is 5.43 Å². The largest absolute Gasteiger partial charge is 0.456 e. The van der Waals surface area contributed by atoms with E-state index in [0.29, 0.717) is 19.5 Å². The van der Waals surface area contributed by atoms with Gasteiger partial charge in [-0.2, -0.15) is 0 Å². The minimum absolute atomic E-state index is 0.0937. The monoisotopic (exact) mass is 206 g/mol. The molecule has 0 bridgehead atoms. The molecule has 1 heterocycles. The first-order valence-corrected chi connectivity index (χ1v) is 5.94. The highest BCUT2D eigenvalue weighted by atomic mass is 31.1. The summed E-state index contributed by atoms with van der Waals surface area (Å²) >= 11 is 0. The summed E-state index contributed by atoms with van der Waals surface area (Å²) < 4.78 is 5.63. The Bertz CT molecular complexity index is 528. The molecule has 2 aromatic rings. The SMILES string of the molecule is CPc1oc2ccccc2c(=O)c1C. The number of para-hydroxylation sites is 1. The van der Waals surface area contributed by atoms with E-state index in [9.17, 15) is 4.79 Å². The van der Waals surface area contributed by atoms with Crippen molar-refractivity contribution in [3.8, 4) is 0 Å². The number of hydrogen-bond donors (Lipinski definition) is 0. The van der Waals surface area contributed by atoms with E-state index in [0.717, 1.165) is 11.1 Å². The maximum Gasteiger partial charge on any atom is 0.196 e. The van der Waals surface area contributed by atoms with Crippen LogP contribution in [0, 0.1) is 6.92 Å². The molecule has 3 heteroatoms. The van der Waals surface area contributed by atoms with Gasteiger partial charge in [0.2, 0.25) is 0 Å². The lowest BCUT2D eigenvalue weighted by atomic mass is 10.2. The Hall–Kier alpha value is -1.14. The Kier molecular flexibility index (Phi) is 2.39. The van der Waals surface area contributed by atoms with Crippen LogP contribution in [0.1, 0.15) is 5.56 Å². The smallest absolute Gasteiger partial charge is 0.196 e. The summed E-state index contributed by atoms with van der Waals surface area (Å²) in [5.74, 6) is 0. The average molecular weight is 206 g/mol. The third-order valence-corrected chi connectivity index (χ3v) is 3.18. The first-order valence-electron chi connectivity index (χ1n) is 4.44. The van der Waals surface area contributed by atoms with Crippen LogP contribution in [0.25, 0.3) is 11.0 Å². The molecule has 0 N–H and O–H groups in total. The molecule has 72 valence electrons. The fourth-order valence-electron chi connectivity index (χ4n) is 1.47. The molecule has 0 aliphatic heterocycles. The second-order valence-corrected chi connectivity index (χ2v) is 4.09. The van der Waals surface area contributed by atoms with E-state index in [1.165, 1.54) is 0 Å². The van der Waals surface area contributed by atoms with Gasteiger partial charge in [0, 0.05) is 5.56 Å². The van der Waals surface area contributed by atoms with Crippen LogP contribution in [0.2, 0.25) is 0 Å². The minimum Gasteiger partial charge on any atom is -0.456 e. The summed E-state index contributed by atoms with van der Waals surface area (Å²) in [5, 5.41) is 0.673. The normalized spacial score (nSPS) is 11.6. The zero-order valence-corrected chi connectivity index (χ0v) is 9.13.